The third-order valence-electron chi connectivity index (χ3n) is 3.80. The van der Waals surface area contributed by atoms with E-state index in [-0.39, 0.29) is 5.91 Å². The number of rotatable bonds is 4. The van der Waals surface area contributed by atoms with Gasteiger partial charge in [0.1, 0.15) is 0 Å². The highest BCUT2D eigenvalue weighted by Gasteiger charge is 2.15. The molecule has 4 rings (SSSR count). The fourth-order valence-corrected chi connectivity index (χ4v) is 5.09. The lowest BCUT2D eigenvalue weighted by Gasteiger charge is -2.11. The second-order valence-corrected chi connectivity index (χ2v) is 8.68. The molecule has 0 radical (unpaired) electrons. The van der Waals surface area contributed by atoms with E-state index in [4.69, 9.17) is 23.2 Å². The van der Waals surface area contributed by atoms with Gasteiger partial charge < -0.3 is 5.32 Å². The summed E-state index contributed by atoms with van der Waals surface area (Å²) in [7, 11) is 0. The second kappa shape index (κ2) is 7.90. The Morgan fingerprint density at radius 2 is 1.67 bits per heavy atom. The number of fused-ring (bicyclic) bond motifs is 1. The van der Waals surface area contributed by atoms with Crippen molar-refractivity contribution in [1.82, 2.24) is 4.98 Å². The highest BCUT2D eigenvalue weighted by Crippen LogP contribution is 2.42. The number of thiazole rings is 1. The summed E-state index contributed by atoms with van der Waals surface area (Å²) in [6.07, 6.45) is 0. The summed E-state index contributed by atoms with van der Waals surface area (Å²) >= 11 is 15.9. The lowest BCUT2D eigenvalue weighted by atomic mass is 10.2. The first-order valence-corrected chi connectivity index (χ1v) is 10.4. The number of nitrogens with one attached hydrogen (secondary N) is 1. The molecule has 0 atom stereocenters. The molecule has 0 unspecified atom stereocenters. The van der Waals surface area contributed by atoms with E-state index in [1.807, 2.05) is 36.4 Å². The van der Waals surface area contributed by atoms with Gasteiger partial charge in [-0.05, 0) is 36.4 Å². The highest BCUT2D eigenvalue weighted by molar-refractivity contribution is 8.01. The Balaban J connectivity index is 1.57. The molecule has 3 nitrogen and oxygen atoms in total. The number of amides is 1. The zero-order valence-corrected chi connectivity index (χ0v) is 16.9. The van der Waals surface area contributed by atoms with Crippen LogP contribution in [0.1, 0.15) is 10.4 Å². The molecular formula is C20H12Cl2N2OS2. The van der Waals surface area contributed by atoms with Crippen molar-refractivity contribution in [1.29, 1.82) is 0 Å². The molecule has 0 aliphatic rings. The fraction of sp³-hybridized carbons (Fsp3) is 0. The number of halogens is 2. The van der Waals surface area contributed by atoms with E-state index in [9.17, 15) is 4.79 Å². The molecule has 27 heavy (non-hydrogen) atoms. The smallest absolute Gasteiger partial charge is 0.255 e. The van der Waals surface area contributed by atoms with Crippen molar-refractivity contribution in [2.24, 2.45) is 0 Å². The number of hydrogen-bond acceptors (Lipinski definition) is 4. The van der Waals surface area contributed by atoms with Crippen molar-refractivity contribution in [3.05, 3.63) is 82.3 Å². The van der Waals surface area contributed by atoms with Gasteiger partial charge in [-0.15, -0.1) is 11.3 Å². The lowest BCUT2D eigenvalue weighted by Crippen LogP contribution is -2.12. The largest absolute Gasteiger partial charge is 0.321 e. The predicted molar refractivity (Wildman–Crippen MR) is 115 cm³/mol. The van der Waals surface area contributed by atoms with E-state index in [2.05, 4.69) is 10.3 Å². The van der Waals surface area contributed by atoms with Crippen LogP contribution in [0, 0.1) is 0 Å². The SMILES string of the molecule is O=C(Nc1ccc(Sc2nc3ccccc3s2)c(Cl)c1Cl)c1ccccc1. The molecule has 1 amide bonds. The van der Waals surface area contributed by atoms with Gasteiger partial charge in [-0.3, -0.25) is 4.79 Å². The summed E-state index contributed by atoms with van der Waals surface area (Å²) in [6, 6.07) is 20.5. The van der Waals surface area contributed by atoms with Crippen molar-refractivity contribution in [3.63, 3.8) is 0 Å². The summed E-state index contributed by atoms with van der Waals surface area (Å²) in [5.41, 5.74) is 1.99. The summed E-state index contributed by atoms with van der Waals surface area (Å²) in [6.45, 7) is 0. The normalized spacial score (nSPS) is 10.9. The first kappa shape index (κ1) is 18.3. The topological polar surface area (TPSA) is 42.0 Å². The van der Waals surface area contributed by atoms with E-state index in [0.29, 0.717) is 21.3 Å². The van der Waals surface area contributed by atoms with Crippen LogP contribution in [0.3, 0.4) is 0 Å². The van der Waals surface area contributed by atoms with E-state index in [1.54, 1.807) is 41.7 Å². The Hall–Kier alpha value is -2.05. The van der Waals surface area contributed by atoms with Crippen molar-refractivity contribution in [3.8, 4) is 0 Å². The van der Waals surface area contributed by atoms with Gasteiger partial charge in [0.2, 0.25) is 0 Å². The molecule has 1 heterocycles. The molecule has 0 bridgehead atoms. The number of nitrogens with zero attached hydrogens (tertiary/aromatic N) is 1. The van der Waals surface area contributed by atoms with E-state index in [0.717, 1.165) is 19.5 Å². The molecule has 0 spiro atoms. The number of aromatic nitrogens is 1. The maximum atomic E-state index is 12.3. The predicted octanol–water partition coefficient (Wildman–Crippen LogP) is 7.01. The van der Waals surface area contributed by atoms with Crippen LogP contribution in [-0.2, 0) is 0 Å². The standard InChI is InChI=1S/C20H12Cl2N2OS2/c21-17-14(23-19(25)12-6-2-1-3-7-12)10-11-16(18(17)22)27-20-24-13-8-4-5-9-15(13)26-20/h1-11H,(H,23,25). The van der Waals surface area contributed by atoms with Crippen LogP contribution >= 0.6 is 46.3 Å². The minimum atomic E-state index is -0.236. The molecule has 1 aromatic heterocycles. The summed E-state index contributed by atoms with van der Waals surface area (Å²) < 4.78 is 2.00. The van der Waals surface area contributed by atoms with Crippen LogP contribution in [0.15, 0.2) is 76.0 Å². The average Bonchev–Trinajstić information content (AvgIpc) is 3.11. The van der Waals surface area contributed by atoms with Gasteiger partial charge in [-0.25, -0.2) is 4.98 Å². The molecule has 0 saturated heterocycles. The van der Waals surface area contributed by atoms with Gasteiger partial charge in [0.25, 0.3) is 5.91 Å². The van der Waals surface area contributed by atoms with Crippen LogP contribution in [0.2, 0.25) is 10.0 Å². The summed E-state index contributed by atoms with van der Waals surface area (Å²) in [4.78, 5) is 17.7. The third-order valence-corrected chi connectivity index (χ3v) is 6.95. The Bertz CT molecular complexity index is 1100. The molecule has 134 valence electrons. The first-order chi connectivity index (χ1) is 13.1. The zero-order valence-electron chi connectivity index (χ0n) is 13.8. The monoisotopic (exact) mass is 430 g/mol. The molecule has 0 fully saturated rings. The van der Waals surface area contributed by atoms with Crippen molar-refractivity contribution >= 4 is 68.1 Å². The minimum Gasteiger partial charge on any atom is -0.321 e. The third kappa shape index (κ3) is 3.96. The maximum Gasteiger partial charge on any atom is 0.255 e. The molecule has 0 saturated carbocycles. The second-order valence-electron chi connectivity index (χ2n) is 5.61. The van der Waals surface area contributed by atoms with Crippen molar-refractivity contribution < 1.29 is 4.79 Å². The maximum absolute atomic E-state index is 12.3. The van der Waals surface area contributed by atoms with E-state index >= 15 is 0 Å². The van der Waals surface area contributed by atoms with Crippen LogP contribution in [0.5, 0.6) is 0 Å². The number of carbonyl (C=O) groups excluding carboxylic acids is 1. The Kier molecular flexibility index (Phi) is 5.36. The van der Waals surface area contributed by atoms with Crippen molar-refractivity contribution in [2.45, 2.75) is 9.24 Å². The summed E-state index contributed by atoms with van der Waals surface area (Å²) in [5.74, 6) is -0.236. The van der Waals surface area contributed by atoms with E-state index < -0.39 is 0 Å². The first-order valence-electron chi connectivity index (χ1n) is 7.99. The summed E-state index contributed by atoms with van der Waals surface area (Å²) in [5, 5.41) is 3.51. The Morgan fingerprint density at radius 1 is 0.926 bits per heavy atom. The van der Waals surface area contributed by atoms with Gasteiger partial charge in [0.05, 0.1) is 25.9 Å². The number of hydrogen-bond donors (Lipinski definition) is 1. The van der Waals surface area contributed by atoms with Crippen molar-refractivity contribution in [2.75, 3.05) is 5.32 Å². The number of anilines is 1. The molecule has 0 aliphatic carbocycles. The van der Waals surface area contributed by atoms with E-state index in [1.165, 1.54) is 11.8 Å². The quantitative estimate of drug-likeness (QED) is 0.378. The molecule has 3 aromatic carbocycles. The van der Waals surface area contributed by atoms with Gasteiger partial charge >= 0.3 is 0 Å². The van der Waals surface area contributed by atoms with Gasteiger partial charge in [-0.1, -0.05) is 65.3 Å². The molecule has 1 N–H and O–H groups in total. The average molecular weight is 431 g/mol. The zero-order chi connectivity index (χ0) is 18.8. The van der Waals surface area contributed by atoms with Crippen LogP contribution in [-0.4, -0.2) is 10.9 Å². The van der Waals surface area contributed by atoms with Crippen LogP contribution < -0.4 is 5.32 Å². The number of carbonyl (C=O) groups is 1. The van der Waals surface area contributed by atoms with Gasteiger partial charge in [-0.2, -0.15) is 0 Å². The molecule has 7 heteroatoms. The molecular weight excluding hydrogens is 419 g/mol. The Labute approximate surface area is 174 Å². The van der Waals surface area contributed by atoms with Gasteiger partial charge in [0.15, 0.2) is 4.34 Å². The van der Waals surface area contributed by atoms with Crippen LogP contribution in [0.25, 0.3) is 10.2 Å². The molecule has 4 aromatic rings. The van der Waals surface area contributed by atoms with Crippen LogP contribution in [0.4, 0.5) is 5.69 Å². The Morgan fingerprint density at radius 3 is 2.44 bits per heavy atom. The molecule has 0 aliphatic heterocycles. The van der Waals surface area contributed by atoms with Gasteiger partial charge in [0, 0.05) is 10.5 Å². The lowest BCUT2D eigenvalue weighted by molar-refractivity contribution is 0.102. The number of para-hydroxylation sites is 1. The minimum absolute atomic E-state index is 0.236. The fourth-order valence-electron chi connectivity index (χ4n) is 2.48. The number of benzene rings is 3. The highest BCUT2D eigenvalue weighted by atomic mass is 35.5.